The summed E-state index contributed by atoms with van der Waals surface area (Å²) in [6.45, 7) is 2.03. The highest BCUT2D eigenvalue weighted by Crippen LogP contribution is 2.14. The van der Waals surface area contributed by atoms with E-state index >= 15 is 0 Å². The SMILES string of the molecule is CCOC(=O)c1cc(CCCCl)ccc1C=O. The number of alkyl halides is 1. The first-order valence-corrected chi connectivity index (χ1v) is 6.07. The highest BCUT2D eigenvalue weighted by Gasteiger charge is 2.12. The van der Waals surface area contributed by atoms with Crippen molar-refractivity contribution in [3.8, 4) is 0 Å². The molecule has 0 aliphatic carbocycles. The summed E-state index contributed by atoms with van der Waals surface area (Å²) >= 11 is 5.61. The fraction of sp³-hybridized carbons (Fsp3) is 0.385. The first-order valence-electron chi connectivity index (χ1n) is 5.54. The number of rotatable bonds is 6. The highest BCUT2D eigenvalue weighted by molar-refractivity contribution is 6.17. The molecule has 0 heterocycles. The number of hydrogen-bond acceptors (Lipinski definition) is 3. The van der Waals surface area contributed by atoms with Crippen LogP contribution in [0.2, 0.25) is 0 Å². The third kappa shape index (κ3) is 3.86. The van der Waals surface area contributed by atoms with Gasteiger partial charge in [-0.3, -0.25) is 4.79 Å². The molecule has 92 valence electrons. The fourth-order valence-corrected chi connectivity index (χ4v) is 1.65. The fourth-order valence-electron chi connectivity index (χ4n) is 1.52. The topological polar surface area (TPSA) is 43.4 Å². The van der Waals surface area contributed by atoms with E-state index in [1.165, 1.54) is 0 Å². The predicted molar refractivity (Wildman–Crippen MR) is 66.8 cm³/mol. The van der Waals surface area contributed by atoms with Crippen molar-refractivity contribution in [1.29, 1.82) is 0 Å². The lowest BCUT2D eigenvalue weighted by Crippen LogP contribution is -2.08. The summed E-state index contributed by atoms with van der Waals surface area (Å²) in [4.78, 5) is 22.5. The second kappa shape index (κ2) is 7.07. The molecule has 0 fully saturated rings. The summed E-state index contributed by atoms with van der Waals surface area (Å²) in [5.41, 5.74) is 1.67. The maximum Gasteiger partial charge on any atom is 0.338 e. The van der Waals surface area contributed by atoms with Gasteiger partial charge in [0.25, 0.3) is 0 Å². The first kappa shape index (κ1) is 13.7. The van der Waals surface area contributed by atoms with Crippen LogP contribution in [-0.4, -0.2) is 24.7 Å². The van der Waals surface area contributed by atoms with E-state index in [1.54, 1.807) is 19.1 Å². The van der Waals surface area contributed by atoms with E-state index in [1.807, 2.05) is 6.07 Å². The lowest BCUT2D eigenvalue weighted by molar-refractivity contribution is 0.0524. The standard InChI is InChI=1S/C13H15ClO3/c1-2-17-13(16)12-8-10(4-3-7-14)5-6-11(12)9-15/h5-6,8-9H,2-4,7H2,1H3. The Bertz CT molecular complexity index is 402. The molecule has 0 amide bonds. The van der Waals surface area contributed by atoms with Gasteiger partial charge in [0.2, 0.25) is 0 Å². The molecule has 0 saturated carbocycles. The number of halogens is 1. The van der Waals surface area contributed by atoms with Gasteiger partial charge in [0.15, 0.2) is 6.29 Å². The van der Waals surface area contributed by atoms with Crippen LogP contribution in [0.3, 0.4) is 0 Å². The molecule has 17 heavy (non-hydrogen) atoms. The molecule has 0 aliphatic rings. The summed E-state index contributed by atoms with van der Waals surface area (Å²) in [5.74, 6) is 0.117. The maximum atomic E-state index is 11.6. The number of benzene rings is 1. The zero-order valence-electron chi connectivity index (χ0n) is 9.74. The first-order chi connectivity index (χ1) is 8.22. The van der Waals surface area contributed by atoms with E-state index in [2.05, 4.69) is 0 Å². The third-order valence-corrected chi connectivity index (χ3v) is 2.61. The highest BCUT2D eigenvalue weighted by atomic mass is 35.5. The lowest BCUT2D eigenvalue weighted by atomic mass is 10.0. The molecule has 1 aromatic carbocycles. The van der Waals surface area contributed by atoms with Gasteiger partial charge < -0.3 is 4.74 Å². The van der Waals surface area contributed by atoms with Crippen molar-refractivity contribution in [2.24, 2.45) is 0 Å². The molecular formula is C13H15ClO3. The Morgan fingerprint density at radius 3 is 2.82 bits per heavy atom. The zero-order chi connectivity index (χ0) is 12.7. The molecule has 0 radical (unpaired) electrons. The van der Waals surface area contributed by atoms with Gasteiger partial charge in [0, 0.05) is 11.4 Å². The van der Waals surface area contributed by atoms with E-state index in [9.17, 15) is 9.59 Å². The van der Waals surface area contributed by atoms with Gasteiger partial charge in [-0.2, -0.15) is 0 Å². The molecule has 0 unspecified atom stereocenters. The number of carbonyl (C=O) groups excluding carboxylic acids is 2. The molecule has 1 aromatic rings. The second-order valence-electron chi connectivity index (χ2n) is 3.55. The molecule has 3 nitrogen and oxygen atoms in total. The number of esters is 1. The number of carbonyl (C=O) groups is 2. The Balaban J connectivity index is 2.97. The third-order valence-electron chi connectivity index (χ3n) is 2.34. The molecule has 0 aromatic heterocycles. The minimum Gasteiger partial charge on any atom is -0.462 e. The Labute approximate surface area is 106 Å². The van der Waals surface area contributed by atoms with E-state index < -0.39 is 5.97 Å². The van der Waals surface area contributed by atoms with Crippen LogP contribution in [-0.2, 0) is 11.2 Å². The van der Waals surface area contributed by atoms with Crippen molar-refractivity contribution < 1.29 is 14.3 Å². The van der Waals surface area contributed by atoms with E-state index in [0.29, 0.717) is 29.9 Å². The Hall–Kier alpha value is -1.35. The van der Waals surface area contributed by atoms with Crippen LogP contribution in [0.25, 0.3) is 0 Å². The summed E-state index contributed by atoms with van der Waals surface area (Å²) in [6.07, 6.45) is 2.29. The van der Waals surface area contributed by atoms with Gasteiger partial charge in [0.05, 0.1) is 12.2 Å². The summed E-state index contributed by atoms with van der Waals surface area (Å²) in [6, 6.07) is 5.18. The van der Waals surface area contributed by atoms with Gasteiger partial charge in [-0.1, -0.05) is 12.1 Å². The predicted octanol–water partition coefficient (Wildman–Crippen LogP) is 2.85. The van der Waals surface area contributed by atoms with Crippen molar-refractivity contribution >= 4 is 23.9 Å². The quantitative estimate of drug-likeness (QED) is 0.445. The largest absolute Gasteiger partial charge is 0.462 e. The van der Waals surface area contributed by atoms with E-state index in [-0.39, 0.29) is 0 Å². The molecule has 0 aliphatic heterocycles. The lowest BCUT2D eigenvalue weighted by Gasteiger charge is -2.07. The Kier molecular flexibility index (Phi) is 5.70. The van der Waals surface area contributed by atoms with Crippen LogP contribution in [0.15, 0.2) is 18.2 Å². The Morgan fingerprint density at radius 1 is 1.47 bits per heavy atom. The van der Waals surface area contributed by atoms with Crippen LogP contribution >= 0.6 is 11.6 Å². The van der Waals surface area contributed by atoms with Crippen molar-refractivity contribution in [2.75, 3.05) is 12.5 Å². The number of ether oxygens (including phenoxy) is 1. The average Bonchev–Trinajstić information content (AvgIpc) is 2.36. The molecule has 0 saturated heterocycles. The summed E-state index contributed by atoms with van der Waals surface area (Å²) in [7, 11) is 0. The molecule has 4 heteroatoms. The van der Waals surface area contributed by atoms with Gasteiger partial charge in [-0.15, -0.1) is 11.6 Å². The second-order valence-corrected chi connectivity index (χ2v) is 3.93. The maximum absolute atomic E-state index is 11.6. The van der Waals surface area contributed by atoms with Crippen LogP contribution in [0.5, 0.6) is 0 Å². The van der Waals surface area contributed by atoms with Crippen molar-refractivity contribution in [2.45, 2.75) is 19.8 Å². The molecule has 0 bridgehead atoms. The number of hydrogen-bond donors (Lipinski definition) is 0. The summed E-state index contributed by atoms with van der Waals surface area (Å²) < 4.78 is 4.91. The average molecular weight is 255 g/mol. The van der Waals surface area contributed by atoms with Gasteiger partial charge >= 0.3 is 5.97 Å². The van der Waals surface area contributed by atoms with Crippen molar-refractivity contribution in [3.63, 3.8) is 0 Å². The van der Waals surface area contributed by atoms with E-state index in [4.69, 9.17) is 16.3 Å². The van der Waals surface area contributed by atoms with Crippen LogP contribution in [0.4, 0.5) is 0 Å². The monoisotopic (exact) mass is 254 g/mol. The smallest absolute Gasteiger partial charge is 0.338 e. The number of aryl methyl sites for hydroxylation is 1. The minimum absolute atomic E-state index is 0.295. The zero-order valence-corrected chi connectivity index (χ0v) is 10.5. The minimum atomic E-state index is -0.456. The Morgan fingerprint density at radius 2 is 2.24 bits per heavy atom. The molecule has 0 N–H and O–H groups in total. The van der Waals surface area contributed by atoms with Crippen molar-refractivity contribution in [3.05, 3.63) is 34.9 Å². The summed E-state index contributed by atoms with van der Waals surface area (Å²) in [5, 5.41) is 0. The van der Waals surface area contributed by atoms with Gasteiger partial charge in [-0.25, -0.2) is 4.79 Å². The molecule has 0 spiro atoms. The van der Waals surface area contributed by atoms with Crippen LogP contribution < -0.4 is 0 Å². The van der Waals surface area contributed by atoms with Gasteiger partial charge in [-0.05, 0) is 31.4 Å². The van der Waals surface area contributed by atoms with Crippen molar-refractivity contribution in [1.82, 2.24) is 0 Å². The van der Waals surface area contributed by atoms with Gasteiger partial charge in [0.1, 0.15) is 0 Å². The normalized spacial score (nSPS) is 10.0. The molecule has 1 rings (SSSR count). The van der Waals surface area contributed by atoms with E-state index in [0.717, 1.165) is 18.4 Å². The van der Waals surface area contributed by atoms with Crippen LogP contribution in [0.1, 0.15) is 39.6 Å². The molecular weight excluding hydrogens is 240 g/mol. The van der Waals surface area contributed by atoms with Crippen LogP contribution in [0, 0.1) is 0 Å². The molecule has 0 atom stereocenters. The number of aldehydes is 1.